The van der Waals surface area contributed by atoms with Gasteiger partial charge in [-0.2, -0.15) is 0 Å². The van der Waals surface area contributed by atoms with Crippen molar-refractivity contribution in [1.82, 2.24) is 4.57 Å². The van der Waals surface area contributed by atoms with Crippen molar-refractivity contribution in [1.29, 1.82) is 0 Å². The molecule has 2 nitrogen and oxygen atoms in total. The lowest BCUT2D eigenvalue weighted by molar-refractivity contribution is -0.687. The van der Waals surface area contributed by atoms with Crippen molar-refractivity contribution in [2.24, 2.45) is 0 Å². The van der Waals surface area contributed by atoms with E-state index in [9.17, 15) is 0 Å². The lowest BCUT2D eigenvalue weighted by atomic mass is 10.1. The lowest BCUT2D eigenvalue weighted by Crippen LogP contribution is -2.31. The average Bonchev–Trinajstić information content (AvgIpc) is 2.98. The molecule has 0 saturated carbocycles. The summed E-state index contributed by atoms with van der Waals surface area (Å²) in [5, 5.41) is 0. The first-order valence-electron chi connectivity index (χ1n) is 7.15. The highest BCUT2D eigenvalue weighted by atomic mass is 15.1. The van der Waals surface area contributed by atoms with Gasteiger partial charge in [0.15, 0.2) is 0 Å². The molecule has 0 aliphatic rings. The maximum atomic E-state index is 3.98. The first-order valence-corrected chi connectivity index (χ1v) is 7.15. The molecule has 21 heavy (non-hydrogen) atoms. The molecule has 2 aromatic carbocycles. The predicted molar refractivity (Wildman–Crippen MR) is 84.9 cm³/mol. The highest BCUT2D eigenvalue weighted by Gasteiger charge is 2.15. The zero-order valence-electron chi connectivity index (χ0n) is 12.0. The van der Waals surface area contributed by atoms with Gasteiger partial charge in [0.05, 0.1) is 0 Å². The van der Waals surface area contributed by atoms with Crippen molar-refractivity contribution >= 4 is 0 Å². The summed E-state index contributed by atoms with van der Waals surface area (Å²) in [5.74, 6) is 0. The van der Waals surface area contributed by atoms with Gasteiger partial charge >= 0.3 is 0 Å². The molecule has 3 rings (SSSR count). The first-order chi connectivity index (χ1) is 10.4. The lowest BCUT2D eigenvalue weighted by Gasteiger charge is -2.08. The van der Waals surface area contributed by atoms with Gasteiger partial charge in [0.1, 0.15) is 25.0 Å². The highest BCUT2D eigenvalue weighted by Crippen LogP contribution is 2.18. The molecule has 0 radical (unpaired) electrons. The molecule has 1 aromatic heterocycles. The van der Waals surface area contributed by atoms with Crippen molar-refractivity contribution in [2.45, 2.75) is 12.6 Å². The van der Waals surface area contributed by atoms with Gasteiger partial charge < -0.3 is 0 Å². The maximum Gasteiger partial charge on any atom is 0.244 e. The Morgan fingerprint density at radius 1 is 1.00 bits per heavy atom. The third kappa shape index (κ3) is 3.11. The van der Waals surface area contributed by atoms with E-state index in [0.29, 0.717) is 0 Å². The van der Waals surface area contributed by atoms with Crippen LogP contribution in [-0.4, -0.2) is 4.57 Å². The third-order valence-corrected chi connectivity index (χ3v) is 3.61. The summed E-state index contributed by atoms with van der Waals surface area (Å²) < 4.78 is 4.38. The summed E-state index contributed by atoms with van der Waals surface area (Å²) >= 11 is 0. The minimum atomic E-state index is 0.170. The zero-order chi connectivity index (χ0) is 14.5. The summed E-state index contributed by atoms with van der Waals surface area (Å²) in [4.78, 5) is 0. The number of hydrogen-bond acceptors (Lipinski definition) is 0. The third-order valence-electron chi connectivity index (χ3n) is 3.61. The predicted octanol–water partition coefficient (Wildman–Crippen LogP) is 3.60. The fourth-order valence-electron chi connectivity index (χ4n) is 2.54. The fourth-order valence-corrected chi connectivity index (χ4v) is 2.54. The van der Waals surface area contributed by atoms with Crippen LogP contribution in [-0.2, 0) is 6.54 Å². The molecule has 0 fully saturated rings. The highest BCUT2D eigenvalue weighted by molar-refractivity contribution is 5.23. The quantitative estimate of drug-likeness (QED) is 0.497. The second kappa shape index (κ2) is 6.23. The Morgan fingerprint density at radius 3 is 2.33 bits per heavy atom. The monoisotopic (exact) mass is 275 g/mol. The van der Waals surface area contributed by atoms with Crippen molar-refractivity contribution in [3.63, 3.8) is 0 Å². The molecule has 0 amide bonds. The van der Waals surface area contributed by atoms with Crippen LogP contribution in [0.4, 0.5) is 0 Å². The van der Waals surface area contributed by atoms with Crippen LogP contribution in [0.1, 0.15) is 17.2 Å². The minimum Gasteiger partial charge on any atom is -0.233 e. The molecule has 104 valence electrons. The van der Waals surface area contributed by atoms with Crippen LogP contribution in [0.15, 0.2) is 92.0 Å². The molecule has 0 N–H and O–H groups in total. The molecule has 1 heterocycles. The van der Waals surface area contributed by atoms with Gasteiger partial charge in [-0.1, -0.05) is 67.2 Å². The van der Waals surface area contributed by atoms with Crippen LogP contribution < -0.4 is 4.57 Å². The van der Waals surface area contributed by atoms with Crippen molar-refractivity contribution in [3.8, 4) is 0 Å². The number of rotatable bonds is 5. The van der Waals surface area contributed by atoms with Crippen LogP contribution in [0, 0.1) is 0 Å². The van der Waals surface area contributed by atoms with Crippen molar-refractivity contribution in [3.05, 3.63) is 103 Å². The summed E-state index contributed by atoms with van der Waals surface area (Å²) in [6, 6.07) is 21.1. The van der Waals surface area contributed by atoms with Gasteiger partial charge in [-0.15, -0.1) is 0 Å². The van der Waals surface area contributed by atoms with Gasteiger partial charge in [0, 0.05) is 5.56 Å². The first kappa shape index (κ1) is 13.4. The Morgan fingerprint density at radius 2 is 1.67 bits per heavy atom. The van der Waals surface area contributed by atoms with Crippen LogP contribution >= 0.6 is 0 Å². The molecular weight excluding hydrogens is 256 g/mol. The van der Waals surface area contributed by atoms with E-state index >= 15 is 0 Å². The summed E-state index contributed by atoms with van der Waals surface area (Å²) in [6.07, 6.45) is 8.31. The smallest absolute Gasteiger partial charge is 0.233 e. The number of nitrogens with zero attached hydrogens (tertiary/aromatic N) is 2. The molecule has 1 atom stereocenters. The Kier molecular flexibility index (Phi) is 3.97. The standard InChI is InChI=1S/C19H19N2/c1-2-19(18-11-7-4-8-12-18)21-14-13-20(16-21)15-17-9-5-3-6-10-17/h2-14,16,19H,1,15H2/q+1. The SMILES string of the molecule is C=CC(c1ccccc1)n1cc[n+](Cc2ccccc2)c1. The van der Waals surface area contributed by atoms with E-state index in [1.807, 2.05) is 18.2 Å². The van der Waals surface area contributed by atoms with Crippen LogP contribution in [0.3, 0.4) is 0 Å². The van der Waals surface area contributed by atoms with E-state index in [2.05, 4.69) is 83.0 Å². The maximum absolute atomic E-state index is 3.98. The van der Waals surface area contributed by atoms with E-state index in [1.54, 1.807) is 0 Å². The van der Waals surface area contributed by atoms with Crippen LogP contribution in [0.25, 0.3) is 0 Å². The summed E-state index contributed by atoms with van der Waals surface area (Å²) in [5.41, 5.74) is 2.55. The molecule has 1 unspecified atom stereocenters. The minimum absolute atomic E-state index is 0.170. The van der Waals surface area contributed by atoms with Gasteiger partial charge in [-0.05, 0) is 11.6 Å². The second-order valence-corrected chi connectivity index (χ2v) is 5.11. The molecular formula is C19H19N2+. The number of aromatic nitrogens is 2. The molecule has 0 saturated heterocycles. The van der Waals surface area contributed by atoms with Gasteiger partial charge in [0.2, 0.25) is 6.33 Å². The molecule has 0 aliphatic heterocycles. The second-order valence-electron chi connectivity index (χ2n) is 5.11. The normalized spacial score (nSPS) is 12.0. The van der Waals surface area contributed by atoms with Crippen molar-refractivity contribution in [2.75, 3.05) is 0 Å². The number of imidazole rings is 1. The van der Waals surface area contributed by atoms with Gasteiger partial charge in [0.25, 0.3) is 0 Å². The molecule has 0 bridgehead atoms. The number of hydrogen-bond donors (Lipinski definition) is 0. The Bertz CT molecular complexity index is 699. The average molecular weight is 275 g/mol. The summed E-state index contributed by atoms with van der Waals surface area (Å²) in [7, 11) is 0. The molecule has 3 aromatic rings. The van der Waals surface area contributed by atoms with Gasteiger partial charge in [-0.3, -0.25) is 0 Å². The molecule has 0 aliphatic carbocycles. The van der Waals surface area contributed by atoms with Gasteiger partial charge in [-0.25, -0.2) is 9.13 Å². The van der Waals surface area contributed by atoms with E-state index in [4.69, 9.17) is 0 Å². The Labute approximate surface area is 125 Å². The van der Waals surface area contributed by atoms with E-state index < -0.39 is 0 Å². The number of benzene rings is 2. The topological polar surface area (TPSA) is 8.81 Å². The van der Waals surface area contributed by atoms with E-state index in [0.717, 1.165) is 6.54 Å². The van der Waals surface area contributed by atoms with Crippen LogP contribution in [0.5, 0.6) is 0 Å². The largest absolute Gasteiger partial charge is 0.244 e. The van der Waals surface area contributed by atoms with E-state index in [-0.39, 0.29) is 6.04 Å². The van der Waals surface area contributed by atoms with Crippen LogP contribution in [0.2, 0.25) is 0 Å². The Balaban J connectivity index is 1.82. The summed E-state index contributed by atoms with van der Waals surface area (Å²) in [6.45, 7) is 4.86. The molecule has 2 heteroatoms. The molecule has 0 spiro atoms. The van der Waals surface area contributed by atoms with E-state index in [1.165, 1.54) is 11.1 Å². The number of allylic oxidation sites excluding steroid dienone is 1. The Hall–Kier alpha value is -2.61. The fraction of sp³-hybridized carbons (Fsp3) is 0.105. The zero-order valence-corrected chi connectivity index (χ0v) is 12.0. The van der Waals surface area contributed by atoms with Crippen molar-refractivity contribution < 1.29 is 4.57 Å².